The van der Waals surface area contributed by atoms with E-state index >= 15 is 0 Å². The van der Waals surface area contributed by atoms with Crippen LogP contribution < -0.4 is 0 Å². The zero-order valence-electron chi connectivity index (χ0n) is 5.14. The van der Waals surface area contributed by atoms with Gasteiger partial charge in [0, 0.05) is 0 Å². The van der Waals surface area contributed by atoms with Gasteiger partial charge in [0.15, 0.2) is 0 Å². The van der Waals surface area contributed by atoms with Crippen molar-refractivity contribution in [3.05, 3.63) is 0 Å². The molecule has 2 atom stereocenters. The third-order valence-electron chi connectivity index (χ3n) is 2.22. The number of fused-ring (bicyclic) bond motifs is 1. The van der Waals surface area contributed by atoms with Crippen molar-refractivity contribution >= 4 is 0 Å². The standard InChI is InChI=1S/C6H10.C2H2/c1-2-5-4-6(5)3-1;1-2/h5-6H,1-4H2;1-2H. The largest absolute Gasteiger partial charge is 0.124 e. The van der Waals surface area contributed by atoms with Crippen LogP contribution in [-0.2, 0) is 0 Å². The van der Waals surface area contributed by atoms with Gasteiger partial charge < -0.3 is 0 Å². The Morgan fingerprint density at radius 3 is 1.62 bits per heavy atom. The summed E-state index contributed by atoms with van der Waals surface area (Å²) in [6.07, 6.45) is 14.2. The van der Waals surface area contributed by atoms with Crippen LogP contribution in [0, 0.1) is 24.7 Å². The fraction of sp³-hybridized carbons (Fsp3) is 0.750. The van der Waals surface area contributed by atoms with Crippen molar-refractivity contribution < 1.29 is 0 Å². The van der Waals surface area contributed by atoms with Gasteiger partial charge in [-0.15, -0.1) is 12.8 Å². The second kappa shape index (κ2) is 2.22. The molecule has 2 unspecified atom stereocenters. The average molecular weight is 108 g/mol. The van der Waals surface area contributed by atoms with Crippen LogP contribution in [0.15, 0.2) is 0 Å². The minimum Gasteiger partial charge on any atom is -0.124 e. The molecule has 2 aliphatic rings. The van der Waals surface area contributed by atoms with Crippen molar-refractivity contribution in [1.82, 2.24) is 0 Å². The van der Waals surface area contributed by atoms with Crippen LogP contribution in [0.4, 0.5) is 0 Å². The zero-order valence-corrected chi connectivity index (χ0v) is 5.14. The lowest BCUT2D eigenvalue weighted by Crippen LogP contribution is -1.64. The van der Waals surface area contributed by atoms with Crippen LogP contribution in [0.1, 0.15) is 25.7 Å². The predicted molar refractivity (Wildman–Crippen MR) is 35.3 cm³/mol. The highest BCUT2D eigenvalue weighted by Crippen LogP contribution is 2.51. The van der Waals surface area contributed by atoms with Crippen LogP contribution in [0.2, 0.25) is 0 Å². The summed E-state index contributed by atoms with van der Waals surface area (Å²) in [5.74, 6) is 2.43. The highest BCUT2D eigenvalue weighted by Gasteiger charge is 2.40. The first-order valence-corrected chi connectivity index (χ1v) is 3.30. The van der Waals surface area contributed by atoms with E-state index in [0.717, 1.165) is 0 Å². The van der Waals surface area contributed by atoms with Gasteiger partial charge in [-0.1, -0.05) is 19.3 Å². The number of hydrogen-bond donors (Lipinski definition) is 0. The summed E-state index contributed by atoms with van der Waals surface area (Å²) in [6.45, 7) is 0. The average Bonchev–Trinajstić information content (AvgIpc) is 2.46. The zero-order chi connectivity index (χ0) is 5.98. The molecule has 0 spiro atoms. The molecule has 0 aromatic carbocycles. The molecule has 0 nitrogen and oxygen atoms in total. The van der Waals surface area contributed by atoms with E-state index in [2.05, 4.69) is 12.8 Å². The van der Waals surface area contributed by atoms with Gasteiger partial charge in [0.25, 0.3) is 0 Å². The Hall–Kier alpha value is -0.440. The van der Waals surface area contributed by atoms with E-state index in [4.69, 9.17) is 0 Å². The Kier molecular flexibility index (Phi) is 1.58. The van der Waals surface area contributed by atoms with Crippen molar-refractivity contribution in [3.8, 4) is 12.8 Å². The van der Waals surface area contributed by atoms with Gasteiger partial charge in [-0.2, -0.15) is 0 Å². The van der Waals surface area contributed by atoms with Crippen molar-refractivity contribution in [2.24, 2.45) is 11.8 Å². The van der Waals surface area contributed by atoms with Crippen LogP contribution in [0.3, 0.4) is 0 Å². The maximum atomic E-state index is 4.00. The normalized spacial score (nSPS) is 39.2. The molecule has 0 heteroatoms. The third kappa shape index (κ3) is 0.865. The second-order valence-corrected chi connectivity index (χ2v) is 2.69. The predicted octanol–water partition coefficient (Wildman–Crippen LogP) is 2.06. The second-order valence-electron chi connectivity index (χ2n) is 2.69. The molecule has 8 heavy (non-hydrogen) atoms. The molecule has 0 heterocycles. The van der Waals surface area contributed by atoms with Crippen LogP contribution in [-0.4, -0.2) is 0 Å². The molecule has 0 amide bonds. The molecule has 0 radical (unpaired) electrons. The van der Waals surface area contributed by atoms with Crippen LogP contribution in [0.5, 0.6) is 0 Å². The third-order valence-corrected chi connectivity index (χ3v) is 2.22. The number of terminal acetylenes is 1. The van der Waals surface area contributed by atoms with Gasteiger partial charge in [0.05, 0.1) is 0 Å². The topological polar surface area (TPSA) is 0 Å². The Labute approximate surface area is 51.3 Å². The summed E-state index contributed by atoms with van der Waals surface area (Å²) in [5, 5.41) is 0. The van der Waals surface area contributed by atoms with Crippen molar-refractivity contribution in [2.45, 2.75) is 25.7 Å². The lowest BCUT2D eigenvalue weighted by atomic mass is 10.3. The molecule has 0 aromatic heterocycles. The Balaban J connectivity index is 0.000000147. The fourth-order valence-corrected chi connectivity index (χ4v) is 1.66. The van der Waals surface area contributed by atoms with E-state index in [0.29, 0.717) is 0 Å². The van der Waals surface area contributed by atoms with Gasteiger partial charge >= 0.3 is 0 Å². The molecule has 44 valence electrons. The molecule has 0 saturated heterocycles. The maximum Gasteiger partial charge on any atom is -0.0383 e. The van der Waals surface area contributed by atoms with Gasteiger partial charge in [-0.05, 0) is 18.3 Å². The fourth-order valence-electron chi connectivity index (χ4n) is 1.66. The van der Waals surface area contributed by atoms with Gasteiger partial charge in [-0.3, -0.25) is 0 Å². The molecule has 2 aliphatic carbocycles. The lowest BCUT2D eigenvalue weighted by molar-refractivity contribution is 0.735. The Morgan fingerprint density at radius 2 is 1.50 bits per heavy atom. The minimum atomic E-state index is 1.21. The quantitative estimate of drug-likeness (QED) is 0.417. The Morgan fingerprint density at radius 1 is 1.00 bits per heavy atom. The molecule has 0 bridgehead atoms. The molecule has 2 fully saturated rings. The van der Waals surface area contributed by atoms with Crippen molar-refractivity contribution in [1.29, 1.82) is 0 Å². The first kappa shape index (κ1) is 5.69. The molecule has 2 saturated carbocycles. The highest BCUT2D eigenvalue weighted by atomic mass is 14.5. The molecule has 2 rings (SSSR count). The van der Waals surface area contributed by atoms with Crippen molar-refractivity contribution in [2.75, 3.05) is 0 Å². The van der Waals surface area contributed by atoms with E-state index in [9.17, 15) is 0 Å². The van der Waals surface area contributed by atoms with Crippen molar-refractivity contribution in [3.63, 3.8) is 0 Å². The molecular weight excluding hydrogens is 96.1 g/mol. The first-order chi connectivity index (χ1) is 3.97. The molecule has 0 aromatic rings. The van der Waals surface area contributed by atoms with E-state index < -0.39 is 0 Å². The highest BCUT2D eigenvalue weighted by molar-refractivity contribution is 4.91. The smallest absolute Gasteiger partial charge is 0.0383 e. The number of rotatable bonds is 0. The minimum absolute atomic E-state index is 1.21. The summed E-state index contributed by atoms with van der Waals surface area (Å²) in [6, 6.07) is 0. The van der Waals surface area contributed by atoms with Gasteiger partial charge in [-0.25, -0.2) is 0 Å². The van der Waals surface area contributed by atoms with Gasteiger partial charge in [0.1, 0.15) is 0 Å². The van der Waals surface area contributed by atoms with E-state index in [-0.39, 0.29) is 0 Å². The van der Waals surface area contributed by atoms with Crippen LogP contribution in [0.25, 0.3) is 0 Å². The summed E-state index contributed by atoms with van der Waals surface area (Å²) in [7, 11) is 0. The summed E-state index contributed by atoms with van der Waals surface area (Å²) >= 11 is 0. The number of hydrogen-bond acceptors (Lipinski definition) is 0. The maximum absolute atomic E-state index is 4.00. The monoisotopic (exact) mass is 108 g/mol. The SMILES string of the molecule is C#C.C1CC2CC2C1. The van der Waals surface area contributed by atoms with E-state index in [1.807, 2.05) is 0 Å². The summed E-state index contributed by atoms with van der Waals surface area (Å²) in [5.41, 5.74) is 0. The molecule has 0 aliphatic heterocycles. The Bertz CT molecular complexity index is 83.5. The van der Waals surface area contributed by atoms with Crippen LogP contribution >= 0.6 is 0 Å². The summed E-state index contributed by atoms with van der Waals surface area (Å²) < 4.78 is 0. The molecule has 0 N–H and O–H groups in total. The van der Waals surface area contributed by atoms with E-state index in [1.165, 1.54) is 18.3 Å². The summed E-state index contributed by atoms with van der Waals surface area (Å²) in [4.78, 5) is 0. The van der Waals surface area contributed by atoms with E-state index in [1.54, 1.807) is 19.3 Å². The first-order valence-electron chi connectivity index (χ1n) is 3.30. The molecular formula is C8H12. The lowest BCUT2D eigenvalue weighted by Gasteiger charge is -1.80. The van der Waals surface area contributed by atoms with Gasteiger partial charge in [0.2, 0.25) is 0 Å².